The third kappa shape index (κ3) is 3.64. The first kappa shape index (κ1) is 15.0. The van der Waals surface area contributed by atoms with Crippen molar-refractivity contribution in [3.8, 4) is 11.5 Å². The topological polar surface area (TPSA) is 44.5 Å². The summed E-state index contributed by atoms with van der Waals surface area (Å²) in [5.74, 6) is 2.38. The van der Waals surface area contributed by atoms with Crippen LogP contribution in [0.1, 0.15) is 56.6 Å². The van der Waals surface area contributed by atoms with Crippen molar-refractivity contribution in [2.45, 2.75) is 51.0 Å². The maximum atomic E-state index is 6.39. The highest BCUT2D eigenvalue weighted by Gasteiger charge is 2.20. The van der Waals surface area contributed by atoms with E-state index in [0.29, 0.717) is 18.2 Å². The Bertz CT molecular complexity index is 486. The van der Waals surface area contributed by atoms with Crippen LogP contribution in [0.4, 0.5) is 0 Å². The molecule has 1 saturated carbocycles. The van der Waals surface area contributed by atoms with E-state index in [2.05, 4.69) is 0 Å². The summed E-state index contributed by atoms with van der Waals surface area (Å²) in [6.45, 7) is 1.36. The van der Waals surface area contributed by atoms with E-state index in [-0.39, 0.29) is 6.04 Å². The number of hydrogen-bond acceptors (Lipinski definition) is 3. The van der Waals surface area contributed by atoms with Gasteiger partial charge in [0.25, 0.3) is 0 Å². The highest BCUT2D eigenvalue weighted by atomic mass is 35.5. The molecule has 116 valence electrons. The summed E-state index contributed by atoms with van der Waals surface area (Å²) in [4.78, 5) is 0. The second-order valence-electron chi connectivity index (χ2n) is 6.21. The maximum absolute atomic E-state index is 6.39. The zero-order valence-electron chi connectivity index (χ0n) is 12.4. The van der Waals surface area contributed by atoms with Gasteiger partial charge in [-0.1, -0.05) is 37.3 Å². The number of fused-ring (bicyclic) bond motifs is 1. The Morgan fingerprint density at radius 2 is 1.76 bits per heavy atom. The molecule has 1 atom stereocenters. The van der Waals surface area contributed by atoms with Crippen molar-refractivity contribution in [3.05, 3.63) is 22.7 Å². The summed E-state index contributed by atoms with van der Waals surface area (Å²) in [5, 5.41) is 0.693. The van der Waals surface area contributed by atoms with Gasteiger partial charge in [-0.15, -0.1) is 0 Å². The number of benzene rings is 1. The van der Waals surface area contributed by atoms with Gasteiger partial charge in [-0.05, 0) is 30.4 Å². The first-order valence-corrected chi connectivity index (χ1v) is 8.46. The number of rotatable bonds is 4. The molecule has 1 aliphatic carbocycles. The zero-order chi connectivity index (χ0) is 14.7. The second-order valence-corrected chi connectivity index (χ2v) is 6.61. The van der Waals surface area contributed by atoms with Crippen molar-refractivity contribution >= 4 is 11.6 Å². The second kappa shape index (κ2) is 6.89. The lowest BCUT2D eigenvalue weighted by Gasteiger charge is -2.18. The molecule has 1 aromatic rings. The summed E-state index contributed by atoms with van der Waals surface area (Å²) < 4.78 is 11.4. The van der Waals surface area contributed by atoms with E-state index in [4.69, 9.17) is 26.8 Å². The summed E-state index contributed by atoms with van der Waals surface area (Å²) in [6, 6.07) is 3.81. The minimum Gasteiger partial charge on any atom is -0.490 e. The van der Waals surface area contributed by atoms with Gasteiger partial charge in [0.15, 0.2) is 11.5 Å². The average molecular weight is 310 g/mol. The Labute approximate surface area is 131 Å². The molecule has 1 fully saturated rings. The molecule has 1 unspecified atom stereocenters. The minimum absolute atomic E-state index is 0.0183. The molecule has 2 aliphatic rings. The summed E-state index contributed by atoms with van der Waals surface area (Å²) in [6.07, 6.45) is 8.57. The van der Waals surface area contributed by atoms with E-state index in [1.165, 1.54) is 32.1 Å². The molecular weight excluding hydrogens is 286 g/mol. The quantitative estimate of drug-likeness (QED) is 0.892. The SMILES string of the molecule is NC(CCC1CCCC1)c1cc2c(cc1Cl)OCCCO2. The lowest BCUT2D eigenvalue weighted by Crippen LogP contribution is -2.12. The van der Waals surface area contributed by atoms with Crippen LogP contribution in [-0.2, 0) is 0 Å². The molecule has 2 N–H and O–H groups in total. The van der Waals surface area contributed by atoms with Crippen molar-refractivity contribution in [3.63, 3.8) is 0 Å². The van der Waals surface area contributed by atoms with E-state index in [9.17, 15) is 0 Å². The molecule has 0 amide bonds. The van der Waals surface area contributed by atoms with Crippen LogP contribution in [0.3, 0.4) is 0 Å². The van der Waals surface area contributed by atoms with E-state index in [1.54, 1.807) is 0 Å². The van der Waals surface area contributed by atoms with Gasteiger partial charge in [0, 0.05) is 23.6 Å². The minimum atomic E-state index is -0.0183. The molecule has 3 rings (SSSR count). The average Bonchev–Trinajstić information content (AvgIpc) is 2.89. The summed E-state index contributed by atoms with van der Waals surface area (Å²) >= 11 is 6.39. The molecule has 0 bridgehead atoms. The Hall–Kier alpha value is -0.930. The summed E-state index contributed by atoms with van der Waals surface area (Å²) in [5.41, 5.74) is 7.35. The van der Waals surface area contributed by atoms with Crippen LogP contribution in [-0.4, -0.2) is 13.2 Å². The van der Waals surface area contributed by atoms with Crippen LogP contribution in [0.2, 0.25) is 5.02 Å². The highest BCUT2D eigenvalue weighted by Crippen LogP contribution is 2.38. The fraction of sp³-hybridized carbons (Fsp3) is 0.647. The number of ether oxygens (including phenoxy) is 2. The molecular formula is C17H24ClNO2. The first-order chi connectivity index (χ1) is 10.2. The van der Waals surface area contributed by atoms with Gasteiger partial charge in [-0.25, -0.2) is 0 Å². The number of hydrogen-bond donors (Lipinski definition) is 1. The molecule has 1 heterocycles. The van der Waals surface area contributed by atoms with Crippen LogP contribution >= 0.6 is 11.6 Å². The van der Waals surface area contributed by atoms with Crippen molar-refractivity contribution in [1.29, 1.82) is 0 Å². The van der Waals surface area contributed by atoms with E-state index in [1.807, 2.05) is 12.1 Å². The number of halogens is 1. The third-order valence-corrected chi connectivity index (χ3v) is 4.95. The van der Waals surface area contributed by atoms with Gasteiger partial charge >= 0.3 is 0 Å². The van der Waals surface area contributed by atoms with Crippen LogP contribution < -0.4 is 15.2 Å². The van der Waals surface area contributed by atoms with E-state index < -0.39 is 0 Å². The molecule has 1 aromatic carbocycles. The summed E-state index contributed by atoms with van der Waals surface area (Å²) in [7, 11) is 0. The largest absolute Gasteiger partial charge is 0.490 e. The molecule has 0 radical (unpaired) electrons. The van der Waals surface area contributed by atoms with Gasteiger partial charge in [0.1, 0.15) is 0 Å². The van der Waals surface area contributed by atoms with E-state index in [0.717, 1.165) is 35.8 Å². The highest BCUT2D eigenvalue weighted by molar-refractivity contribution is 6.31. The normalized spacial score (nSPS) is 20.3. The first-order valence-electron chi connectivity index (χ1n) is 8.08. The van der Waals surface area contributed by atoms with Gasteiger partial charge in [0.2, 0.25) is 0 Å². The van der Waals surface area contributed by atoms with Gasteiger partial charge in [-0.2, -0.15) is 0 Å². The third-order valence-electron chi connectivity index (χ3n) is 4.63. The van der Waals surface area contributed by atoms with Gasteiger partial charge in [-0.3, -0.25) is 0 Å². The predicted octanol–water partition coefficient (Wildman–Crippen LogP) is 4.47. The van der Waals surface area contributed by atoms with Gasteiger partial charge < -0.3 is 15.2 Å². The lowest BCUT2D eigenvalue weighted by atomic mass is 9.95. The Morgan fingerprint density at radius 1 is 1.10 bits per heavy atom. The predicted molar refractivity (Wildman–Crippen MR) is 85.2 cm³/mol. The van der Waals surface area contributed by atoms with Crippen LogP contribution in [0, 0.1) is 5.92 Å². The lowest BCUT2D eigenvalue weighted by molar-refractivity contribution is 0.297. The Kier molecular flexibility index (Phi) is 4.91. The maximum Gasteiger partial charge on any atom is 0.162 e. The fourth-order valence-corrected chi connectivity index (χ4v) is 3.65. The van der Waals surface area contributed by atoms with Crippen molar-refractivity contribution < 1.29 is 9.47 Å². The van der Waals surface area contributed by atoms with Crippen molar-refractivity contribution in [2.75, 3.05) is 13.2 Å². The van der Waals surface area contributed by atoms with Crippen molar-refractivity contribution in [1.82, 2.24) is 0 Å². The smallest absolute Gasteiger partial charge is 0.162 e. The standard InChI is InChI=1S/C17H24ClNO2/c18-14-11-17-16(20-8-3-9-21-17)10-13(14)15(19)7-6-12-4-1-2-5-12/h10-12,15H,1-9,19H2. The van der Waals surface area contributed by atoms with E-state index >= 15 is 0 Å². The number of nitrogens with two attached hydrogens (primary N) is 1. The Balaban J connectivity index is 1.69. The zero-order valence-corrected chi connectivity index (χ0v) is 13.2. The molecule has 0 saturated heterocycles. The molecule has 3 nitrogen and oxygen atoms in total. The molecule has 4 heteroatoms. The Morgan fingerprint density at radius 3 is 2.48 bits per heavy atom. The molecule has 1 aliphatic heterocycles. The monoisotopic (exact) mass is 309 g/mol. The fourth-order valence-electron chi connectivity index (χ4n) is 3.35. The van der Waals surface area contributed by atoms with Crippen molar-refractivity contribution in [2.24, 2.45) is 11.7 Å². The van der Waals surface area contributed by atoms with Crippen LogP contribution in [0.25, 0.3) is 0 Å². The molecule has 21 heavy (non-hydrogen) atoms. The van der Waals surface area contributed by atoms with Crippen LogP contribution in [0.15, 0.2) is 12.1 Å². The molecule has 0 spiro atoms. The van der Waals surface area contributed by atoms with Crippen LogP contribution in [0.5, 0.6) is 11.5 Å². The van der Waals surface area contributed by atoms with Gasteiger partial charge in [0.05, 0.1) is 13.2 Å². The molecule has 0 aromatic heterocycles.